The summed E-state index contributed by atoms with van der Waals surface area (Å²) in [7, 11) is 1.92. The van der Waals surface area contributed by atoms with Gasteiger partial charge in [0, 0.05) is 14.2 Å². The summed E-state index contributed by atoms with van der Waals surface area (Å²) in [5.41, 5.74) is 0. The Morgan fingerprint density at radius 3 is 2.00 bits per heavy atom. The zero-order chi connectivity index (χ0) is 9.61. The van der Waals surface area contributed by atoms with Crippen molar-refractivity contribution in [3.05, 3.63) is 0 Å². The molecule has 0 spiro atoms. The molecule has 0 unspecified atom stereocenters. The fourth-order valence-electron chi connectivity index (χ4n) is 0.736. The normalized spacial score (nSPS) is 11.4. The zero-order valence-corrected chi connectivity index (χ0v) is 9.29. The average molecular weight is 189 g/mol. The second kappa shape index (κ2) is 5.77. The Hall–Kier alpha value is 0.187. The molecule has 12 heavy (non-hydrogen) atoms. The van der Waals surface area contributed by atoms with E-state index in [9.17, 15) is 0 Å². The maximum absolute atomic E-state index is 5.42. The molecule has 0 aliphatic heterocycles. The van der Waals surface area contributed by atoms with E-state index in [4.69, 9.17) is 18.0 Å². The molecule has 0 aromatic heterocycles. The van der Waals surface area contributed by atoms with Gasteiger partial charge in [0.1, 0.15) is 0 Å². The molecule has 0 saturated carbocycles. The second-order valence-corrected chi connectivity index (χ2v) is 5.90. The van der Waals surface area contributed by atoms with E-state index in [0.29, 0.717) is 0 Å². The van der Waals surface area contributed by atoms with Gasteiger partial charge in [-0.1, -0.05) is 6.82 Å². The number of rotatable bonds is 6. The first kappa shape index (κ1) is 12.2. The van der Waals surface area contributed by atoms with Crippen LogP contribution in [-0.2, 0) is 18.0 Å². The van der Waals surface area contributed by atoms with Crippen LogP contribution in [0.25, 0.3) is 0 Å². The molecular weight excluding hydrogens is 174 g/mol. The van der Waals surface area contributed by atoms with E-state index < -0.39 is 15.9 Å². The van der Waals surface area contributed by atoms with Gasteiger partial charge in [0.05, 0.1) is 0 Å². The van der Waals surface area contributed by atoms with Gasteiger partial charge < -0.3 is 18.0 Å². The summed E-state index contributed by atoms with van der Waals surface area (Å²) < 4.78 is 20.5. The van der Waals surface area contributed by atoms with Gasteiger partial charge in [-0.15, -0.1) is 0 Å². The Morgan fingerprint density at radius 1 is 1.17 bits per heavy atom. The lowest BCUT2D eigenvalue weighted by molar-refractivity contribution is 0.186. The van der Waals surface area contributed by atoms with Crippen LogP contribution < -0.4 is 0 Å². The molecular formula is C5H15B2O4Si. The molecule has 0 aliphatic rings. The van der Waals surface area contributed by atoms with Crippen molar-refractivity contribution < 1.29 is 18.0 Å². The molecule has 4 nitrogen and oxygen atoms in total. The average Bonchev–Trinajstić information content (AvgIpc) is 2.00. The Bertz CT molecular complexity index is 120. The van der Waals surface area contributed by atoms with Crippen LogP contribution in [-0.4, -0.2) is 37.6 Å². The van der Waals surface area contributed by atoms with Crippen LogP contribution in [0.2, 0.25) is 19.9 Å². The number of hydrogen-bond donors (Lipinski definition) is 0. The molecule has 69 valence electrons. The summed E-state index contributed by atoms with van der Waals surface area (Å²) in [6, 6.07) is 0. The van der Waals surface area contributed by atoms with Crippen molar-refractivity contribution in [2.45, 2.75) is 19.9 Å². The van der Waals surface area contributed by atoms with Gasteiger partial charge in [0.25, 0.3) is 7.48 Å². The van der Waals surface area contributed by atoms with E-state index in [1.807, 2.05) is 19.9 Å². The molecule has 0 aromatic rings. The third-order valence-electron chi connectivity index (χ3n) is 1.17. The predicted molar refractivity (Wildman–Crippen MR) is 51.0 cm³/mol. The molecule has 0 amide bonds. The van der Waals surface area contributed by atoms with Crippen LogP contribution in [0.1, 0.15) is 0 Å². The van der Waals surface area contributed by atoms with Crippen molar-refractivity contribution in [1.82, 2.24) is 0 Å². The summed E-state index contributed by atoms with van der Waals surface area (Å²) in [5, 5.41) is 0. The Morgan fingerprint density at radius 2 is 1.67 bits per heavy atom. The molecule has 0 saturated heterocycles. The third-order valence-corrected chi connectivity index (χ3v) is 2.73. The largest absolute Gasteiger partial charge is 0.629 e. The van der Waals surface area contributed by atoms with Gasteiger partial charge >= 0.3 is 15.9 Å². The minimum Gasteiger partial charge on any atom is -0.461 e. The highest BCUT2D eigenvalue weighted by Gasteiger charge is 2.32. The van der Waals surface area contributed by atoms with Crippen LogP contribution >= 0.6 is 0 Å². The highest BCUT2D eigenvalue weighted by Crippen LogP contribution is 2.07. The quantitative estimate of drug-likeness (QED) is 0.575. The summed E-state index contributed by atoms with van der Waals surface area (Å²) in [5.74, 6) is 0. The summed E-state index contributed by atoms with van der Waals surface area (Å²) in [4.78, 5) is 0. The lowest BCUT2D eigenvalue weighted by Gasteiger charge is -2.24. The molecule has 0 atom stereocenters. The first-order chi connectivity index (χ1) is 5.55. The first-order valence-corrected chi connectivity index (χ1v) is 6.56. The Balaban J connectivity index is 3.84. The van der Waals surface area contributed by atoms with E-state index in [2.05, 4.69) is 0 Å². The van der Waals surface area contributed by atoms with Crippen LogP contribution in [0.15, 0.2) is 0 Å². The van der Waals surface area contributed by atoms with E-state index in [0.717, 1.165) is 0 Å². The van der Waals surface area contributed by atoms with E-state index >= 15 is 0 Å². The van der Waals surface area contributed by atoms with Crippen LogP contribution in [0.5, 0.6) is 0 Å². The monoisotopic (exact) mass is 189 g/mol. The molecule has 0 N–H and O–H groups in total. The Kier molecular flexibility index (Phi) is 5.86. The summed E-state index contributed by atoms with van der Waals surface area (Å²) in [6.07, 6.45) is 0. The minimum absolute atomic E-state index is 0.633. The standard InChI is InChI=1S/C5H15B2O4Si/c1-6-10-12(4,5)11-7(8-2)9-3/h1-5H3. The molecule has 0 aliphatic carbocycles. The van der Waals surface area contributed by atoms with Crippen LogP contribution in [0, 0.1) is 0 Å². The van der Waals surface area contributed by atoms with Gasteiger partial charge in [0.2, 0.25) is 0 Å². The molecule has 0 aromatic carbocycles. The number of hydrogen-bond acceptors (Lipinski definition) is 4. The summed E-state index contributed by atoms with van der Waals surface area (Å²) in [6.45, 7) is 5.64. The van der Waals surface area contributed by atoms with E-state index in [1.54, 1.807) is 7.48 Å². The second-order valence-electron chi connectivity index (χ2n) is 2.63. The molecule has 0 heterocycles. The first-order valence-electron chi connectivity index (χ1n) is 3.74. The fraction of sp³-hybridized carbons (Fsp3) is 1.00. The van der Waals surface area contributed by atoms with Crippen LogP contribution in [0.4, 0.5) is 0 Å². The fourth-order valence-corrected chi connectivity index (χ4v) is 2.01. The van der Waals surface area contributed by atoms with Crippen molar-refractivity contribution in [1.29, 1.82) is 0 Å². The van der Waals surface area contributed by atoms with Crippen molar-refractivity contribution in [3.8, 4) is 0 Å². The molecule has 1 radical (unpaired) electrons. The SMILES string of the molecule is C[B]O[Si](C)(C)OB(OC)OC. The highest BCUT2D eigenvalue weighted by molar-refractivity contribution is 6.74. The topological polar surface area (TPSA) is 36.9 Å². The predicted octanol–water partition coefficient (Wildman–Crippen LogP) is 0.666. The van der Waals surface area contributed by atoms with Gasteiger partial charge in [-0.05, 0) is 13.1 Å². The Labute approximate surface area is 76.2 Å². The third kappa shape index (κ3) is 4.94. The molecule has 0 bridgehead atoms. The minimum atomic E-state index is -2.11. The van der Waals surface area contributed by atoms with Crippen molar-refractivity contribution in [2.24, 2.45) is 0 Å². The molecule has 0 fully saturated rings. The van der Waals surface area contributed by atoms with E-state index in [1.165, 1.54) is 14.2 Å². The van der Waals surface area contributed by atoms with Gasteiger partial charge in [-0.2, -0.15) is 0 Å². The zero-order valence-electron chi connectivity index (χ0n) is 8.29. The molecule has 7 heteroatoms. The van der Waals surface area contributed by atoms with E-state index in [-0.39, 0.29) is 0 Å². The maximum Gasteiger partial charge on any atom is 0.629 e. The van der Waals surface area contributed by atoms with Crippen molar-refractivity contribution >= 4 is 23.4 Å². The molecule has 0 rings (SSSR count). The lowest BCUT2D eigenvalue weighted by atomic mass is 10.1. The van der Waals surface area contributed by atoms with Crippen LogP contribution in [0.3, 0.4) is 0 Å². The maximum atomic E-state index is 5.42. The summed E-state index contributed by atoms with van der Waals surface area (Å²) >= 11 is 0. The van der Waals surface area contributed by atoms with Gasteiger partial charge in [-0.25, -0.2) is 0 Å². The lowest BCUT2D eigenvalue weighted by Crippen LogP contribution is -2.43. The highest BCUT2D eigenvalue weighted by atomic mass is 28.4. The van der Waals surface area contributed by atoms with Crippen molar-refractivity contribution in [2.75, 3.05) is 14.2 Å². The van der Waals surface area contributed by atoms with Crippen molar-refractivity contribution in [3.63, 3.8) is 0 Å². The van der Waals surface area contributed by atoms with Gasteiger partial charge in [-0.3, -0.25) is 0 Å². The van der Waals surface area contributed by atoms with Gasteiger partial charge in [0.15, 0.2) is 0 Å². The smallest absolute Gasteiger partial charge is 0.461 e.